The molecule has 1 aliphatic heterocycles. The number of pyridine rings is 2. The average Bonchev–Trinajstić information content (AvgIpc) is 3.24. The molecular weight excluding hydrogens is 456 g/mol. The number of piperazine rings is 1. The number of nitrogens with zero attached hydrogens (tertiary/aromatic N) is 5. The summed E-state index contributed by atoms with van der Waals surface area (Å²) >= 11 is 0. The zero-order chi connectivity index (χ0) is 26.5. The molecule has 0 unspecified atom stereocenters. The third kappa shape index (κ3) is 6.20. The summed E-state index contributed by atoms with van der Waals surface area (Å²) in [5.41, 5.74) is 9.20. The van der Waals surface area contributed by atoms with Crippen molar-refractivity contribution >= 4 is 16.7 Å². The Hall–Kier alpha value is -3.22. The maximum Gasteiger partial charge on any atom is 0.128 e. The molecule has 6 nitrogen and oxygen atoms in total. The summed E-state index contributed by atoms with van der Waals surface area (Å²) in [7, 11) is 4.27. The first kappa shape index (κ1) is 26.8. The molecule has 1 aromatic carbocycles. The van der Waals surface area contributed by atoms with Crippen LogP contribution in [0.15, 0.2) is 48.7 Å². The lowest BCUT2D eigenvalue weighted by Gasteiger charge is -2.35. The van der Waals surface area contributed by atoms with Gasteiger partial charge in [-0.2, -0.15) is 0 Å². The van der Waals surface area contributed by atoms with Crippen molar-refractivity contribution in [3.05, 3.63) is 65.6 Å². The van der Waals surface area contributed by atoms with Crippen LogP contribution in [0, 0.1) is 20.8 Å². The number of aromatic amines is 1. The smallest absolute Gasteiger partial charge is 0.128 e. The first-order valence-electron chi connectivity index (χ1n) is 13.5. The van der Waals surface area contributed by atoms with E-state index in [4.69, 9.17) is 4.98 Å². The van der Waals surface area contributed by atoms with Crippen LogP contribution in [0.3, 0.4) is 0 Å². The summed E-state index contributed by atoms with van der Waals surface area (Å²) in [4.78, 5) is 20.2. The number of aromatic nitrogens is 3. The Morgan fingerprint density at radius 1 is 0.838 bits per heavy atom. The van der Waals surface area contributed by atoms with Crippen molar-refractivity contribution < 1.29 is 0 Å². The van der Waals surface area contributed by atoms with Gasteiger partial charge in [0.05, 0.1) is 0 Å². The maximum absolute atomic E-state index is 4.83. The van der Waals surface area contributed by atoms with Crippen LogP contribution in [0.4, 0.5) is 5.82 Å². The van der Waals surface area contributed by atoms with Gasteiger partial charge in [-0.1, -0.05) is 26.0 Å². The second-order valence-corrected chi connectivity index (χ2v) is 10.1. The lowest BCUT2D eigenvalue weighted by molar-refractivity contribution is 0.229. The van der Waals surface area contributed by atoms with E-state index in [2.05, 4.69) is 88.2 Å². The highest BCUT2D eigenvalue weighted by atomic mass is 15.3. The summed E-state index contributed by atoms with van der Waals surface area (Å²) in [5, 5.41) is 1.26. The highest BCUT2D eigenvalue weighted by molar-refractivity contribution is 5.93. The van der Waals surface area contributed by atoms with Crippen molar-refractivity contribution in [2.45, 2.75) is 34.6 Å². The van der Waals surface area contributed by atoms with E-state index in [1.807, 2.05) is 33.9 Å². The number of benzene rings is 1. The van der Waals surface area contributed by atoms with Crippen molar-refractivity contribution in [2.24, 2.45) is 0 Å². The van der Waals surface area contributed by atoms with Crippen LogP contribution in [0.25, 0.3) is 33.3 Å². The van der Waals surface area contributed by atoms with Gasteiger partial charge >= 0.3 is 0 Å². The largest absolute Gasteiger partial charge is 0.354 e. The van der Waals surface area contributed by atoms with Gasteiger partial charge in [-0.25, -0.2) is 4.98 Å². The van der Waals surface area contributed by atoms with E-state index in [-0.39, 0.29) is 0 Å². The summed E-state index contributed by atoms with van der Waals surface area (Å²) in [6.07, 6.45) is 2.02. The molecule has 37 heavy (non-hydrogen) atoms. The number of hydrogen-bond donors (Lipinski definition) is 1. The van der Waals surface area contributed by atoms with E-state index in [1.165, 1.54) is 27.8 Å². The van der Waals surface area contributed by atoms with Gasteiger partial charge in [-0.15, -0.1) is 0 Å². The van der Waals surface area contributed by atoms with E-state index in [9.17, 15) is 0 Å². The molecule has 4 aromatic rings. The molecule has 0 atom stereocenters. The van der Waals surface area contributed by atoms with Gasteiger partial charge in [0.25, 0.3) is 0 Å². The number of anilines is 1. The molecule has 0 spiro atoms. The molecule has 1 saturated heterocycles. The molecule has 1 N–H and O–H groups in total. The van der Waals surface area contributed by atoms with Crippen LogP contribution in [0.1, 0.15) is 30.8 Å². The predicted octanol–water partition coefficient (Wildman–Crippen LogP) is 5.93. The zero-order valence-electron chi connectivity index (χ0n) is 23.6. The number of likely N-dealkylation sites (N-methyl/N-ethyl adjacent to an activating group) is 1. The second kappa shape index (κ2) is 11.9. The number of H-pyrrole nitrogens is 1. The van der Waals surface area contributed by atoms with Crippen LogP contribution in [0.5, 0.6) is 0 Å². The molecule has 0 radical (unpaired) electrons. The van der Waals surface area contributed by atoms with Crippen LogP contribution >= 0.6 is 0 Å². The monoisotopic (exact) mass is 498 g/mol. The molecule has 4 heterocycles. The number of fused-ring (bicyclic) bond motifs is 1. The fourth-order valence-corrected chi connectivity index (χ4v) is 5.07. The molecule has 3 aromatic heterocycles. The van der Waals surface area contributed by atoms with Gasteiger partial charge in [0.1, 0.15) is 5.82 Å². The average molecular weight is 499 g/mol. The van der Waals surface area contributed by atoms with Crippen molar-refractivity contribution in [3.63, 3.8) is 0 Å². The minimum absolute atomic E-state index is 1.03. The quantitative estimate of drug-likeness (QED) is 0.357. The molecule has 196 valence electrons. The fraction of sp³-hybridized carbons (Fsp3) is 0.419. The van der Waals surface area contributed by atoms with E-state index < -0.39 is 0 Å². The topological polar surface area (TPSA) is 51.3 Å². The third-order valence-corrected chi connectivity index (χ3v) is 7.07. The number of aryl methyl sites for hydroxylation is 3. The molecule has 1 aliphatic rings. The first-order valence-corrected chi connectivity index (χ1v) is 13.5. The van der Waals surface area contributed by atoms with Gasteiger partial charge in [0.15, 0.2) is 0 Å². The van der Waals surface area contributed by atoms with Crippen LogP contribution in [0.2, 0.25) is 0 Å². The molecule has 6 heteroatoms. The number of hydrogen-bond acceptors (Lipinski definition) is 5. The molecule has 0 bridgehead atoms. The summed E-state index contributed by atoms with van der Waals surface area (Å²) in [6.45, 7) is 16.8. The molecule has 0 amide bonds. The Balaban J connectivity index is 0.00000156. The van der Waals surface area contributed by atoms with Gasteiger partial charge in [-0.3, -0.25) is 9.88 Å². The molecular formula is C31H42N6. The molecule has 1 fully saturated rings. The standard InChI is InChI=1S/C29H36N6.C2H6/c1-20-16-25(17-21(2)31-20)29-22(3)26-8-6-23(18-27(26)32-29)24-7-9-28(30-19-24)35-14-12-34(13-15-35)11-10-33(4)5;1-2/h6-9,16-19,32H,10-15H2,1-5H3;1-2H3. The normalized spacial score (nSPS) is 14.2. The fourth-order valence-electron chi connectivity index (χ4n) is 5.07. The SMILES string of the molecule is CC.Cc1cc(-c2[nH]c3cc(-c4ccc(N5CCN(CCN(C)C)CC5)nc4)ccc3c2C)cc(C)n1. The first-order chi connectivity index (χ1) is 17.9. The summed E-state index contributed by atoms with van der Waals surface area (Å²) in [5.74, 6) is 1.07. The van der Waals surface area contributed by atoms with Crippen molar-refractivity contribution in [2.75, 3.05) is 58.3 Å². The second-order valence-electron chi connectivity index (χ2n) is 10.1. The van der Waals surface area contributed by atoms with Gasteiger partial charge in [0, 0.05) is 84.6 Å². The van der Waals surface area contributed by atoms with Gasteiger partial charge < -0.3 is 14.8 Å². The zero-order valence-corrected chi connectivity index (χ0v) is 23.6. The Bertz CT molecular complexity index is 1290. The van der Waals surface area contributed by atoms with E-state index in [0.29, 0.717) is 0 Å². The highest BCUT2D eigenvalue weighted by Gasteiger charge is 2.18. The number of nitrogens with one attached hydrogen (secondary N) is 1. The minimum Gasteiger partial charge on any atom is -0.354 e. The molecule has 5 rings (SSSR count). The summed E-state index contributed by atoms with van der Waals surface area (Å²) in [6, 6.07) is 15.3. The Morgan fingerprint density at radius 2 is 1.51 bits per heavy atom. The minimum atomic E-state index is 1.03. The predicted molar refractivity (Wildman–Crippen MR) is 158 cm³/mol. The number of rotatable bonds is 6. The third-order valence-electron chi connectivity index (χ3n) is 7.07. The lowest BCUT2D eigenvalue weighted by Crippen LogP contribution is -2.48. The van der Waals surface area contributed by atoms with E-state index >= 15 is 0 Å². The van der Waals surface area contributed by atoms with Crippen LogP contribution in [-0.4, -0.2) is 78.1 Å². The van der Waals surface area contributed by atoms with E-state index in [1.54, 1.807) is 0 Å². The highest BCUT2D eigenvalue weighted by Crippen LogP contribution is 2.33. The van der Waals surface area contributed by atoms with E-state index in [0.717, 1.165) is 67.6 Å². The summed E-state index contributed by atoms with van der Waals surface area (Å²) < 4.78 is 0. The molecule has 0 aliphatic carbocycles. The van der Waals surface area contributed by atoms with Crippen molar-refractivity contribution in [1.82, 2.24) is 24.8 Å². The van der Waals surface area contributed by atoms with Crippen molar-refractivity contribution in [1.29, 1.82) is 0 Å². The van der Waals surface area contributed by atoms with Gasteiger partial charge in [0.2, 0.25) is 0 Å². The Morgan fingerprint density at radius 3 is 2.14 bits per heavy atom. The Kier molecular flexibility index (Phi) is 8.62. The van der Waals surface area contributed by atoms with Crippen LogP contribution < -0.4 is 4.90 Å². The maximum atomic E-state index is 4.83. The van der Waals surface area contributed by atoms with Gasteiger partial charge in [-0.05, 0) is 76.3 Å². The van der Waals surface area contributed by atoms with Crippen molar-refractivity contribution in [3.8, 4) is 22.4 Å². The Labute approximate surface area is 222 Å². The molecule has 0 saturated carbocycles. The lowest BCUT2D eigenvalue weighted by atomic mass is 10.0. The van der Waals surface area contributed by atoms with Crippen LogP contribution in [-0.2, 0) is 0 Å².